The molecule has 0 saturated carbocycles. The molecule has 6 heteroatoms. The van der Waals surface area contributed by atoms with Gasteiger partial charge in [-0.15, -0.1) is 0 Å². The van der Waals surface area contributed by atoms with Gasteiger partial charge in [0.2, 0.25) is 6.29 Å². The molecule has 0 aliphatic carbocycles. The van der Waals surface area contributed by atoms with E-state index in [2.05, 4.69) is 25.8 Å². The lowest BCUT2D eigenvalue weighted by Crippen LogP contribution is -2.30. The number of hydrogen-bond acceptors (Lipinski definition) is 5. The summed E-state index contributed by atoms with van der Waals surface area (Å²) in [6.07, 6.45) is 3.78. The Morgan fingerprint density at radius 3 is 2.39 bits per heavy atom. The van der Waals surface area contributed by atoms with E-state index >= 15 is 0 Å². The Hall–Kier alpha value is -2.50. The van der Waals surface area contributed by atoms with Crippen molar-refractivity contribution >= 4 is 6.09 Å². The van der Waals surface area contributed by atoms with Crippen LogP contribution in [0, 0.1) is 5.41 Å². The molecule has 0 aliphatic rings. The van der Waals surface area contributed by atoms with Crippen LogP contribution in [-0.4, -0.2) is 29.0 Å². The number of ether oxygens (including phenoxy) is 3. The molecule has 1 atom stereocenters. The van der Waals surface area contributed by atoms with Crippen molar-refractivity contribution in [2.75, 3.05) is 7.11 Å². The number of aromatic nitrogens is 2. The summed E-state index contributed by atoms with van der Waals surface area (Å²) in [5, 5.41) is 0. The zero-order valence-corrected chi connectivity index (χ0v) is 13.9. The minimum atomic E-state index is -0.696. The van der Waals surface area contributed by atoms with Crippen LogP contribution in [-0.2, 0) is 4.74 Å². The van der Waals surface area contributed by atoms with Crippen LogP contribution in [0.25, 0.3) is 0 Å². The maximum Gasteiger partial charge on any atom is 0.422 e. The number of nitrogens with zero attached hydrogens (tertiary/aromatic N) is 2. The van der Waals surface area contributed by atoms with E-state index in [4.69, 9.17) is 14.2 Å². The van der Waals surface area contributed by atoms with Gasteiger partial charge in [0.05, 0.1) is 7.11 Å². The average molecular weight is 318 g/mol. The molecule has 6 nitrogen and oxygen atoms in total. The van der Waals surface area contributed by atoms with Crippen molar-refractivity contribution in [1.82, 2.24) is 9.55 Å². The van der Waals surface area contributed by atoms with Crippen LogP contribution in [0.3, 0.4) is 0 Å². The van der Waals surface area contributed by atoms with E-state index in [1.807, 2.05) is 0 Å². The third-order valence-corrected chi connectivity index (χ3v) is 3.05. The molecule has 0 fully saturated rings. The van der Waals surface area contributed by atoms with Gasteiger partial charge in [0.25, 0.3) is 0 Å². The first-order valence-corrected chi connectivity index (χ1v) is 7.37. The summed E-state index contributed by atoms with van der Waals surface area (Å²) in [6, 6.07) is 7.14. The van der Waals surface area contributed by atoms with Gasteiger partial charge < -0.3 is 14.2 Å². The van der Waals surface area contributed by atoms with Crippen LogP contribution in [0.5, 0.6) is 11.5 Å². The summed E-state index contributed by atoms with van der Waals surface area (Å²) in [5.41, 5.74) is -0.0631. The monoisotopic (exact) mass is 318 g/mol. The van der Waals surface area contributed by atoms with Gasteiger partial charge in [0.1, 0.15) is 17.8 Å². The predicted molar refractivity (Wildman–Crippen MR) is 85.6 cm³/mol. The average Bonchev–Trinajstić information content (AvgIpc) is 3.00. The number of carbonyl (C=O) groups is 1. The third kappa shape index (κ3) is 5.32. The fourth-order valence-electron chi connectivity index (χ4n) is 1.95. The first kappa shape index (κ1) is 16.9. The predicted octanol–water partition coefficient (Wildman–Crippen LogP) is 3.72. The number of benzene rings is 1. The fraction of sp³-hybridized carbons (Fsp3) is 0.412. The van der Waals surface area contributed by atoms with Crippen LogP contribution in [0.15, 0.2) is 43.0 Å². The Labute approximate surface area is 136 Å². The SMILES string of the molecule is COc1ccc(OC(CC(C)(C)C)OC(=O)n2ccnc2)cc1. The highest BCUT2D eigenvalue weighted by molar-refractivity contribution is 5.70. The Kier molecular flexibility index (Phi) is 5.26. The van der Waals surface area contributed by atoms with Crippen LogP contribution in [0.4, 0.5) is 4.79 Å². The van der Waals surface area contributed by atoms with Crippen LogP contribution in [0.2, 0.25) is 0 Å². The molecular weight excluding hydrogens is 296 g/mol. The second-order valence-electron chi connectivity index (χ2n) is 6.34. The van der Waals surface area contributed by atoms with Crippen LogP contribution < -0.4 is 9.47 Å². The lowest BCUT2D eigenvalue weighted by molar-refractivity contribution is -0.0545. The molecule has 0 saturated heterocycles. The second kappa shape index (κ2) is 7.17. The number of carbonyl (C=O) groups excluding carboxylic acids is 1. The van der Waals surface area contributed by atoms with Crippen LogP contribution >= 0.6 is 0 Å². The smallest absolute Gasteiger partial charge is 0.422 e. The topological polar surface area (TPSA) is 62.6 Å². The van der Waals surface area contributed by atoms with Crippen LogP contribution in [0.1, 0.15) is 27.2 Å². The molecule has 0 bridgehead atoms. The summed E-state index contributed by atoms with van der Waals surface area (Å²) in [6.45, 7) is 6.17. The maximum absolute atomic E-state index is 12.1. The summed E-state index contributed by atoms with van der Waals surface area (Å²) >= 11 is 0. The minimum Gasteiger partial charge on any atom is -0.497 e. The highest BCUT2D eigenvalue weighted by atomic mass is 16.7. The molecular formula is C17H22N2O4. The molecule has 2 aromatic rings. The van der Waals surface area contributed by atoms with Crippen molar-refractivity contribution < 1.29 is 19.0 Å². The van der Waals surface area contributed by atoms with Gasteiger partial charge in [-0.05, 0) is 29.7 Å². The lowest BCUT2D eigenvalue weighted by Gasteiger charge is -2.26. The molecule has 1 aromatic carbocycles. The van der Waals surface area contributed by atoms with Crippen molar-refractivity contribution in [3.05, 3.63) is 43.0 Å². The van der Waals surface area contributed by atoms with Gasteiger partial charge in [-0.3, -0.25) is 0 Å². The van der Waals surface area contributed by atoms with E-state index < -0.39 is 12.4 Å². The third-order valence-electron chi connectivity index (χ3n) is 3.05. The molecule has 1 aromatic heterocycles. The number of methoxy groups -OCH3 is 1. The first-order valence-electron chi connectivity index (χ1n) is 7.37. The van der Waals surface area contributed by atoms with E-state index in [1.165, 1.54) is 23.3 Å². The van der Waals surface area contributed by atoms with E-state index in [9.17, 15) is 4.79 Å². The molecule has 0 N–H and O–H groups in total. The Bertz CT molecular complexity index is 615. The van der Waals surface area contributed by atoms with E-state index in [0.29, 0.717) is 12.2 Å². The minimum absolute atomic E-state index is 0.0631. The lowest BCUT2D eigenvalue weighted by atomic mass is 9.92. The zero-order chi connectivity index (χ0) is 16.9. The molecule has 23 heavy (non-hydrogen) atoms. The Morgan fingerprint density at radius 1 is 1.22 bits per heavy atom. The van der Waals surface area contributed by atoms with Gasteiger partial charge >= 0.3 is 6.09 Å². The zero-order valence-electron chi connectivity index (χ0n) is 13.9. The molecule has 0 spiro atoms. The summed E-state index contributed by atoms with van der Waals surface area (Å²) < 4.78 is 17.7. The molecule has 124 valence electrons. The normalized spacial score (nSPS) is 12.5. The highest BCUT2D eigenvalue weighted by Gasteiger charge is 2.24. The quantitative estimate of drug-likeness (QED) is 0.786. The number of hydrogen-bond donors (Lipinski definition) is 0. The van der Waals surface area contributed by atoms with E-state index in [-0.39, 0.29) is 5.41 Å². The first-order chi connectivity index (χ1) is 10.9. The fourth-order valence-corrected chi connectivity index (χ4v) is 1.95. The highest BCUT2D eigenvalue weighted by Crippen LogP contribution is 2.26. The van der Waals surface area contributed by atoms with Crippen molar-refractivity contribution in [3.63, 3.8) is 0 Å². The van der Waals surface area contributed by atoms with Crippen molar-refractivity contribution in [1.29, 1.82) is 0 Å². The van der Waals surface area contributed by atoms with E-state index in [1.54, 1.807) is 31.4 Å². The summed E-state index contributed by atoms with van der Waals surface area (Å²) in [5.74, 6) is 1.35. The molecule has 2 rings (SSSR count). The van der Waals surface area contributed by atoms with Gasteiger partial charge in [-0.1, -0.05) is 20.8 Å². The molecule has 0 aliphatic heterocycles. The van der Waals surface area contributed by atoms with Gasteiger partial charge in [-0.25, -0.2) is 14.3 Å². The molecule has 0 amide bonds. The maximum atomic E-state index is 12.1. The number of imidazole rings is 1. The number of rotatable bonds is 5. The summed E-state index contributed by atoms with van der Waals surface area (Å²) in [7, 11) is 1.60. The van der Waals surface area contributed by atoms with Gasteiger partial charge in [0, 0.05) is 18.8 Å². The van der Waals surface area contributed by atoms with Crippen molar-refractivity contribution in [2.45, 2.75) is 33.5 Å². The largest absolute Gasteiger partial charge is 0.497 e. The molecule has 0 radical (unpaired) electrons. The standard InChI is InChI=1S/C17H22N2O4/c1-17(2,3)11-15(23-16(20)19-10-9-18-12-19)22-14-7-5-13(21-4)6-8-14/h5-10,12,15H,11H2,1-4H3. The molecule has 1 unspecified atom stereocenters. The second-order valence-corrected chi connectivity index (χ2v) is 6.34. The Balaban J connectivity index is 2.08. The van der Waals surface area contributed by atoms with Crippen molar-refractivity contribution in [2.24, 2.45) is 5.41 Å². The van der Waals surface area contributed by atoms with E-state index in [0.717, 1.165) is 5.75 Å². The van der Waals surface area contributed by atoms with Crippen molar-refractivity contribution in [3.8, 4) is 11.5 Å². The van der Waals surface area contributed by atoms with Gasteiger partial charge in [-0.2, -0.15) is 0 Å². The van der Waals surface area contributed by atoms with Gasteiger partial charge in [0.15, 0.2) is 0 Å². The molecule has 1 heterocycles. The summed E-state index contributed by atoms with van der Waals surface area (Å²) in [4.78, 5) is 15.9. The Morgan fingerprint density at radius 2 is 1.87 bits per heavy atom.